The molecule has 3 nitrogen and oxygen atoms in total. The maximum Gasteiger partial charge on any atom is 0.217 e. The summed E-state index contributed by atoms with van der Waals surface area (Å²) in [6.07, 6.45) is 2.51. The van der Waals surface area contributed by atoms with Gasteiger partial charge in [0.05, 0.1) is 0 Å². The number of rotatable bonds is 3. The molecular formula is C15H30N2O. The van der Waals surface area contributed by atoms with Gasteiger partial charge in [-0.1, -0.05) is 34.6 Å². The van der Waals surface area contributed by atoms with E-state index in [1.807, 2.05) is 0 Å². The van der Waals surface area contributed by atoms with E-state index in [1.54, 1.807) is 6.92 Å². The van der Waals surface area contributed by atoms with Crippen LogP contribution in [-0.2, 0) is 4.79 Å². The Bertz CT molecular complexity index is 281. The van der Waals surface area contributed by atoms with Gasteiger partial charge < -0.3 is 10.2 Å². The van der Waals surface area contributed by atoms with Gasteiger partial charge in [-0.2, -0.15) is 0 Å². The Morgan fingerprint density at radius 3 is 2.17 bits per heavy atom. The molecule has 1 aliphatic heterocycles. The van der Waals surface area contributed by atoms with Crippen molar-refractivity contribution in [3.63, 3.8) is 0 Å². The van der Waals surface area contributed by atoms with Crippen molar-refractivity contribution >= 4 is 5.91 Å². The van der Waals surface area contributed by atoms with Gasteiger partial charge in [-0.05, 0) is 36.8 Å². The van der Waals surface area contributed by atoms with E-state index in [-0.39, 0.29) is 17.4 Å². The first kappa shape index (κ1) is 15.5. The Balaban J connectivity index is 2.54. The van der Waals surface area contributed by atoms with Crippen LogP contribution in [0.15, 0.2) is 0 Å². The molecule has 0 aromatic heterocycles. The van der Waals surface area contributed by atoms with Gasteiger partial charge in [0.25, 0.3) is 0 Å². The van der Waals surface area contributed by atoms with Crippen LogP contribution in [0.1, 0.15) is 54.4 Å². The average molecular weight is 254 g/mol. The van der Waals surface area contributed by atoms with Gasteiger partial charge in [0.15, 0.2) is 0 Å². The number of carbonyl (C=O) groups is 1. The first-order valence-corrected chi connectivity index (χ1v) is 7.10. The summed E-state index contributed by atoms with van der Waals surface area (Å²) in [7, 11) is 0. The molecular weight excluding hydrogens is 224 g/mol. The van der Waals surface area contributed by atoms with Gasteiger partial charge in [-0.3, -0.25) is 4.79 Å². The summed E-state index contributed by atoms with van der Waals surface area (Å²) >= 11 is 0. The minimum Gasteiger partial charge on any atom is -0.352 e. The molecule has 0 bridgehead atoms. The molecule has 1 heterocycles. The quantitative estimate of drug-likeness (QED) is 0.840. The summed E-state index contributed by atoms with van der Waals surface area (Å²) in [5, 5.41) is 3.11. The van der Waals surface area contributed by atoms with Crippen LogP contribution in [0, 0.1) is 10.8 Å². The van der Waals surface area contributed by atoms with Crippen molar-refractivity contribution in [1.82, 2.24) is 10.2 Å². The molecule has 1 amide bonds. The van der Waals surface area contributed by atoms with Crippen molar-refractivity contribution < 1.29 is 4.79 Å². The van der Waals surface area contributed by atoms with Gasteiger partial charge in [-0.15, -0.1) is 0 Å². The first-order valence-electron chi connectivity index (χ1n) is 7.10. The number of hydrogen-bond donors (Lipinski definition) is 1. The van der Waals surface area contributed by atoms with Crippen LogP contribution in [0.4, 0.5) is 0 Å². The highest BCUT2D eigenvalue weighted by atomic mass is 16.1. The second-order valence-corrected chi connectivity index (χ2v) is 7.58. The Hall–Kier alpha value is -0.570. The number of nitrogens with zero attached hydrogens (tertiary/aromatic N) is 1. The van der Waals surface area contributed by atoms with E-state index in [2.05, 4.69) is 44.8 Å². The molecule has 0 radical (unpaired) electrons. The minimum atomic E-state index is 0.0762. The molecule has 0 saturated carbocycles. The van der Waals surface area contributed by atoms with Crippen molar-refractivity contribution in [2.75, 3.05) is 19.6 Å². The lowest BCUT2D eigenvalue weighted by atomic mass is 9.81. The van der Waals surface area contributed by atoms with Gasteiger partial charge >= 0.3 is 0 Å². The van der Waals surface area contributed by atoms with Crippen LogP contribution in [0.25, 0.3) is 0 Å². The SMILES string of the molecule is CC(=O)NC(CN1CCC(C)(C)CC1)C(C)(C)C. The van der Waals surface area contributed by atoms with Crippen LogP contribution >= 0.6 is 0 Å². The smallest absolute Gasteiger partial charge is 0.217 e. The molecule has 1 N–H and O–H groups in total. The van der Waals surface area contributed by atoms with E-state index >= 15 is 0 Å². The maximum atomic E-state index is 11.3. The molecule has 1 unspecified atom stereocenters. The number of likely N-dealkylation sites (tertiary alicyclic amines) is 1. The lowest BCUT2D eigenvalue weighted by molar-refractivity contribution is -0.120. The molecule has 0 spiro atoms. The summed E-state index contributed by atoms with van der Waals surface area (Å²) in [6, 6.07) is 0.233. The number of amides is 1. The van der Waals surface area contributed by atoms with Gasteiger partial charge in [0.1, 0.15) is 0 Å². The molecule has 1 atom stereocenters. The fourth-order valence-electron chi connectivity index (χ4n) is 2.38. The predicted molar refractivity (Wildman–Crippen MR) is 76.5 cm³/mol. The van der Waals surface area contributed by atoms with E-state index in [0.29, 0.717) is 5.41 Å². The first-order chi connectivity index (χ1) is 8.10. The van der Waals surface area contributed by atoms with E-state index in [0.717, 1.165) is 19.6 Å². The molecule has 1 aliphatic rings. The largest absolute Gasteiger partial charge is 0.352 e. The highest BCUT2D eigenvalue weighted by Crippen LogP contribution is 2.30. The minimum absolute atomic E-state index is 0.0762. The van der Waals surface area contributed by atoms with E-state index < -0.39 is 0 Å². The summed E-state index contributed by atoms with van der Waals surface area (Å²) in [6.45, 7) is 16.2. The molecule has 1 rings (SSSR count). The van der Waals surface area contributed by atoms with Crippen molar-refractivity contribution in [1.29, 1.82) is 0 Å². The Morgan fingerprint density at radius 2 is 1.78 bits per heavy atom. The Labute approximate surface area is 112 Å². The Morgan fingerprint density at radius 1 is 1.28 bits per heavy atom. The molecule has 1 saturated heterocycles. The predicted octanol–water partition coefficient (Wildman–Crippen LogP) is 2.66. The lowest BCUT2D eigenvalue weighted by Crippen LogP contribution is -2.52. The molecule has 3 heteroatoms. The summed E-state index contributed by atoms with van der Waals surface area (Å²) in [5.74, 6) is 0.0762. The number of nitrogens with one attached hydrogen (secondary N) is 1. The topological polar surface area (TPSA) is 32.3 Å². The highest BCUT2D eigenvalue weighted by molar-refractivity contribution is 5.73. The van der Waals surface area contributed by atoms with Crippen molar-refractivity contribution in [3.05, 3.63) is 0 Å². The second-order valence-electron chi connectivity index (χ2n) is 7.58. The Kier molecular flexibility index (Phi) is 4.82. The third-order valence-electron chi connectivity index (χ3n) is 4.07. The summed E-state index contributed by atoms with van der Waals surface area (Å²) in [4.78, 5) is 13.8. The second kappa shape index (κ2) is 5.60. The van der Waals surface area contributed by atoms with Crippen LogP contribution in [0.5, 0.6) is 0 Å². The van der Waals surface area contributed by atoms with E-state index in [4.69, 9.17) is 0 Å². The van der Waals surface area contributed by atoms with Gasteiger partial charge in [0.2, 0.25) is 5.91 Å². The maximum absolute atomic E-state index is 11.3. The van der Waals surface area contributed by atoms with Crippen molar-refractivity contribution in [2.45, 2.75) is 60.4 Å². The fraction of sp³-hybridized carbons (Fsp3) is 0.933. The third kappa shape index (κ3) is 4.97. The normalized spacial score (nSPS) is 22.6. The summed E-state index contributed by atoms with van der Waals surface area (Å²) in [5.41, 5.74) is 0.598. The zero-order valence-electron chi connectivity index (χ0n) is 13.0. The van der Waals surface area contributed by atoms with Gasteiger partial charge in [0, 0.05) is 19.5 Å². The van der Waals surface area contributed by atoms with Crippen LogP contribution in [0.3, 0.4) is 0 Å². The fourth-order valence-corrected chi connectivity index (χ4v) is 2.38. The number of hydrogen-bond acceptors (Lipinski definition) is 2. The van der Waals surface area contributed by atoms with Crippen LogP contribution in [0.2, 0.25) is 0 Å². The zero-order chi connectivity index (χ0) is 14.0. The van der Waals surface area contributed by atoms with Crippen LogP contribution < -0.4 is 5.32 Å². The van der Waals surface area contributed by atoms with Gasteiger partial charge in [-0.25, -0.2) is 0 Å². The number of piperidine rings is 1. The monoisotopic (exact) mass is 254 g/mol. The van der Waals surface area contributed by atoms with E-state index in [9.17, 15) is 4.79 Å². The standard InChI is InChI=1S/C15H30N2O/c1-12(18)16-13(14(2,3)4)11-17-9-7-15(5,6)8-10-17/h13H,7-11H2,1-6H3,(H,16,18). The molecule has 106 valence electrons. The van der Waals surface area contributed by atoms with E-state index in [1.165, 1.54) is 12.8 Å². The third-order valence-corrected chi connectivity index (χ3v) is 4.07. The molecule has 0 aromatic rings. The molecule has 18 heavy (non-hydrogen) atoms. The lowest BCUT2D eigenvalue weighted by Gasteiger charge is -2.41. The molecule has 1 fully saturated rings. The summed E-state index contributed by atoms with van der Waals surface area (Å²) < 4.78 is 0. The molecule has 0 aromatic carbocycles. The number of carbonyl (C=O) groups excluding carboxylic acids is 1. The average Bonchev–Trinajstić information content (AvgIpc) is 2.18. The zero-order valence-corrected chi connectivity index (χ0v) is 13.0. The van der Waals surface area contributed by atoms with Crippen molar-refractivity contribution in [3.8, 4) is 0 Å². The van der Waals surface area contributed by atoms with Crippen LogP contribution in [-0.4, -0.2) is 36.5 Å². The van der Waals surface area contributed by atoms with Crippen molar-refractivity contribution in [2.24, 2.45) is 10.8 Å². The highest BCUT2D eigenvalue weighted by Gasteiger charge is 2.31. The molecule has 0 aliphatic carbocycles.